The maximum absolute atomic E-state index is 4.66. The number of hydrogen-bond donors (Lipinski definition) is 0. The first kappa shape index (κ1) is 10.1. The van der Waals surface area contributed by atoms with Crippen molar-refractivity contribution in [1.29, 1.82) is 0 Å². The van der Waals surface area contributed by atoms with E-state index < -0.39 is 0 Å². The minimum Gasteiger partial charge on any atom is -0.351 e. The lowest BCUT2D eigenvalue weighted by molar-refractivity contribution is 0.710. The first-order valence-electron chi connectivity index (χ1n) is 5.89. The fourth-order valence-electron chi connectivity index (χ4n) is 1.90. The Morgan fingerprint density at radius 3 is 2.94 bits per heavy atom. The maximum Gasteiger partial charge on any atom is 0.186 e. The molecule has 1 aliphatic rings. The highest BCUT2D eigenvalue weighted by molar-refractivity contribution is 7.22. The van der Waals surface area contributed by atoms with E-state index in [1.54, 1.807) is 11.3 Å². The van der Waals surface area contributed by atoms with Crippen molar-refractivity contribution >= 4 is 26.7 Å². The summed E-state index contributed by atoms with van der Waals surface area (Å²) in [6, 6.07) is 8.36. The quantitative estimate of drug-likeness (QED) is 0.801. The van der Waals surface area contributed by atoms with Crippen LogP contribution in [0.25, 0.3) is 10.2 Å². The number of para-hydroxylation sites is 1. The van der Waals surface area contributed by atoms with Gasteiger partial charge in [0.25, 0.3) is 0 Å². The van der Waals surface area contributed by atoms with Gasteiger partial charge in [0, 0.05) is 13.6 Å². The SMILES string of the molecule is CN(CCC1CC1)c1nc2ccccc2s1. The van der Waals surface area contributed by atoms with Gasteiger partial charge in [0.2, 0.25) is 0 Å². The van der Waals surface area contributed by atoms with Crippen molar-refractivity contribution < 1.29 is 0 Å². The van der Waals surface area contributed by atoms with Gasteiger partial charge in [-0.3, -0.25) is 0 Å². The molecule has 0 saturated heterocycles. The van der Waals surface area contributed by atoms with Crippen LogP contribution < -0.4 is 4.90 Å². The molecular weight excluding hydrogens is 216 g/mol. The van der Waals surface area contributed by atoms with Crippen LogP contribution in [0, 0.1) is 5.92 Å². The second kappa shape index (κ2) is 4.06. The molecule has 1 heterocycles. The van der Waals surface area contributed by atoms with Crippen molar-refractivity contribution in [2.24, 2.45) is 5.92 Å². The minimum atomic E-state index is 0.997. The molecule has 1 saturated carbocycles. The van der Waals surface area contributed by atoms with Crippen molar-refractivity contribution in [3.63, 3.8) is 0 Å². The standard InChI is InChI=1S/C13H16N2S/c1-15(9-8-10-6-7-10)13-14-11-4-2-3-5-12(11)16-13/h2-5,10H,6-9H2,1H3. The van der Waals surface area contributed by atoms with Crippen LogP contribution in [0.3, 0.4) is 0 Å². The third-order valence-corrected chi connectivity index (χ3v) is 4.33. The highest BCUT2D eigenvalue weighted by Gasteiger charge is 2.21. The zero-order valence-corrected chi connectivity index (χ0v) is 10.3. The molecule has 0 bridgehead atoms. The van der Waals surface area contributed by atoms with Crippen LogP contribution in [-0.4, -0.2) is 18.6 Å². The molecule has 1 aliphatic carbocycles. The largest absolute Gasteiger partial charge is 0.351 e. The zero-order valence-electron chi connectivity index (χ0n) is 9.52. The van der Waals surface area contributed by atoms with Crippen LogP contribution in [-0.2, 0) is 0 Å². The molecule has 2 aromatic rings. The van der Waals surface area contributed by atoms with Gasteiger partial charge in [0.15, 0.2) is 5.13 Å². The molecule has 0 radical (unpaired) electrons. The number of nitrogens with zero attached hydrogens (tertiary/aromatic N) is 2. The van der Waals surface area contributed by atoms with Gasteiger partial charge in [-0.15, -0.1) is 0 Å². The maximum atomic E-state index is 4.66. The predicted molar refractivity (Wildman–Crippen MR) is 70.2 cm³/mol. The first-order chi connectivity index (χ1) is 7.83. The predicted octanol–water partition coefficient (Wildman–Crippen LogP) is 3.53. The smallest absolute Gasteiger partial charge is 0.186 e. The summed E-state index contributed by atoms with van der Waals surface area (Å²) in [5, 5.41) is 1.15. The van der Waals surface area contributed by atoms with Gasteiger partial charge in [-0.05, 0) is 24.5 Å². The van der Waals surface area contributed by atoms with Crippen LogP contribution in [0.15, 0.2) is 24.3 Å². The van der Waals surface area contributed by atoms with Gasteiger partial charge in [-0.25, -0.2) is 4.98 Å². The molecule has 1 fully saturated rings. The van der Waals surface area contributed by atoms with E-state index in [4.69, 9.17) is 0 Å². The number of rotatable bonds is 4. The summed E-state index contributed by atoms with van der Waals surface area (Å²) in [5.74, 6) is 0.997. The van der Waals surface area contributed by atoms with Crippen LogP contribution in [0.5, 0.6) is 0 Å². The summed E-state index contributed by atoms with van der Waals surface area (Å²) in [6.45, 7) is 1.14. The number of aromatic nitrogens is 1. The molecule has 0 amide bonds. The van der Waals surface area contributed by atoms with E-state index in [0.717, 1.165) is 23.1 Å². The van der Waals surface area contributed by atoms with E-state index in [1.807, 2.05) is 0 Å². The number of benzene rings is 1. The molecule has 0 aliphatic heterocycles. The molecule has 0 unspecified atom stereocenters. The van der Waals surface area contributed by atoms with E-state index in [-0.39, 0.29) is 0 Å². The topological polar surface area (TPSA) is 16.1 Å². The monoisotopic (exact) mass is 232 g/mol. The van der Waals surface area contributed by atoms with Crippen molar-refractivity contribution in [1.82, 2.24) is 4.98 Å². The Morgan fingerprint density at radius 1 is 1.38 bits per heavy atom. The third-order valence-electron chi connectivity index (χ3n) is 3.18. The lowest BCUT2D eigenvalue weighted by atomic mass is 10.3. The van der Waals surface area contributed by atoms with E-state index in [2.05, 4.69) is 41.2 Å². The average Bonchev–Trinajstić information content (AvgIpc) is 3.02. The molecule has 1 aromatic heterocycles. The van der Waals surface area contributed by atoms with Crippen LogP contribution >= 0.6 is 11.3 Å². The number of anilines is 1. The molecule has 0 atom stereocenters. The lowest BCUT2D eigenvalue weighted by Crippen LogP contribution is -2.18. The van der Waals surface area contributed by atoms with Gasteiger partial charge < -0.3 is 4.90 Å². The van der Waals surface area contributed by atoms with Crippen molar-refractivity contribution in [3.05, 3.63) is 24.3 Å². The highest BCUT2D eigenvalue weighted by atomic mass is 32.1. The number of fused-ring (bicyclic) bond motifs is 1. The Labute approximate surface area is 99.9 Å². The Hall–Kier alpha value is -1.09. The summed E-state index contributed by atoms with van der Waals surface area (Å²) in [4.78, 5) is 6.95. The summed E-state index contributed by atoms with van der Waals surface area (Å²) in [6.07, 6.45) is 4.20. The second-order valence-corrected chi connectivity index (χ2v) is 5.63. The van der Waals surface area contributed by atoms with E-state index >= 15 is 0 Å². The van der Waals surface area contributed by atoms with Gasteiger partial charge in [0.05, 0.1) is 10.2 Å². The molecule has 0 N–H and O–H groups in total. The second-order valence-electron chi connectivity index (χ2n) is 4.62. The van der Waals surface area contributed by atoms with Crippen molar-refractivity contribution in [2.75, 3.05) is 18.5 Å². The van der Waals surface area contributed by atoms with Gasteiger partial charge in [-0.1, -0.05) is 36.3 Å². The third kappa shape index (κ3) is 2.05. The Morgan fingerprint density at radius 2 is 2.19 bits per heavy atom. The molecular formula is C13H16N2S. The summed E-state index contributed by atoms with van der Waals surface area (Å²) < 4.78 is 1.29. The minimum absolute atomic E-state index is 0.997. The highest BCUT2D eigenvalue weighted by Crippen LogP contribution is 2.33. The molecule has 2 nitrogen and oxygen atoms in total. The summed E-state index contributed by atoms with van der Waals surface area (Å²) >= 11 is 1.79. The summed E-state index contributed by atoms with van der Waals surface area (Å²) in [7, 11) is 2.15. The molecule has 84 valence electrons. The van der Waals surface area contributed by atoms with Gasteiger partial charge in [-0.2, -0.15) is 0 Å². The Bertz CT molecular complexity index is 454. The van der Waals surface area contributed by atoms with Gasteiger partial charge >= 0.3 is 0 Å². The Kier molecular flexibility index (Phi) is 2.56. The lowest BCUT2D eigenvalue weighted by Gasteiger charge is -2.14. The van der Waals surface area contributed by atoms with Gasteiger partial charge in [0.1, 0.15) is 0 Å². The Balaban J connectivity index is 1.76. The van der Waals surface area contributed by atoms with Crippen LogP contribution in [0.4, 0.5) is 5.13 Å². The fraction of sp³-hybridized carbons (Fsp3) is 0.462. The first-order valence-corrected chi connectivity index (χ1v) is 6.71. The van der Waals surface area contributed by atoms with Crippen LogP contribution in [0.2, 0.25) is 0 Å². The average molecular weight is 232 g/mol. The molecule has 1 aromatic carbocycles. The van der Waals surface area contributed by atoms with Crippen molar-refractivity contribution in [3.8, 4) is 0 Å². The van der Waals surface area contributed by atoms with E-state index in [0.29, 0.717) is 0 Å². The summed E-state index contributed by atoms with van der Waals surface area (Å²) in [5.41, 5.74) is 1.13. The molecule has 16 heavy (non-hydrogen) atoms. The fourth-order valence-corrected chi connectivity index (χ4v) is 2.85. The molecule has 3 rings (SSSR count). The number of hydrogen-bond acceptors (Lipinski definition) is 3. The van der Waals surface area contributed by atoms with Crippen molar-refractivity contribution in [2.45, 2.75) is 19.3 Å². The molecule has 0 spiro atoms. The zero-order chi connectivity index (χ0) is 11.0. The van der Waals surface area contributed by atoms with E-state index in [9.17, 15) is 0 Å². The molecule has 3 heteroatoms. The normalized spacial score (nSPS) is 15.6. The van der Waals surface area contributed by atoms with Crippen LogP contribution in [0.1, 0.15) is 19.3 Å². The number of thiazole rings is 1. The van der Waals surface area contributed by atoms with E-state index in [1.165, 1.54) is 24.0 Å².